The summed E-state index contributed by atoms with van der Waals surface area (Å²) in [4.78, 5) is 11.4. The summed E-state index contributed by atoms with van der Waals surface area (Å²) in [6, 6.07) is 7.35. The molecule has 0 fully saturated rings. The van der Waals surface area contributed by atoms with E-state index < -0.39 is 11.9 Å². The number of aromatic nitrogens is 2. The number of esters is 1. The Kier molecular flexibility index (Phi) is 5.40. The van der Waals surface area contributed by atoms with Crippen LogP contribution in [0.15, 0.2) is 29.7 Å². The summed E-state index contributed by atoms with van der Waals surface area (Å²) in [7, 11) is 1.29. The van der Waals surface area contributed by atoms with Gasteiger partial charge in [-0.1, -0.05) is 6.07 Å². The van der Waals surface area contributed by atoms with Gasteiger partial charge in [0.1, 0.15) is 11.6 Å². The minimum Gasteiger partial charge on any atom is -0.490 e. The molecule has 9 heteroatoms. The van der Waals surface area contributed by atoms with Crippen molar-refractivity contribution in [3.8, 4) is 23.4 Å². The van der Waals surface area contributed by atoms with E-state index in [2.05, 4.69) is 21.0 Å². The number of rotatable bonds is 6. The summed E-state index contributed by atoms with van der Waals surface area (Å²) in [5.41, 5.74) is 8.47. The number of hydrogen-bond acceptors (Lipinski definition) is 8. The molecule has 3 N–H and O–H groups in total. The standard InChI is InChI=1S/C19H20N4O5/c1-4-26-14-7-11(5-6-13(14)27-9-15(24)25-3)17-12(8-20)18(21)28-19-16(17)10(2)22-23-19/h5-7,17H,4,9,21H2,1-3H3,(H,22,23)/t17-/m0/s1. The minimum atomic E-state index is -0.503. The van der Waals surface area contributed by atoms with Crippen LogP contribution in [-0.4, -0.2) is 36.5 Å². The van der Waals surface area contributed by atoms with Gasteiger partial charge in [0.2, 0.25) is 11.8 Å². The molecule has 3 rings (SSSR count). The normalized spacial score (nSPS) is 15.3. The first-order valence-corrected chi connectivity index (χ1v) is 8.58. The molecule has 1 aromatic carbocycles. The summed E-state index contributed by atoms with van der Waals surface area (Å²) < 4.78 is 21.2. The molecule has 0 saturated heterocycles. The molecule has 1 aliphatic heterocycles. The van der Waals surface area contributed by atoms with Crippen molar-refractivity contribution in [2.75, 3.05) is 20.3 Å². The smallest absolute Gasteiger partial charge is 0.343 e. The lowest BCUT2D eigenvalue weighted by Crippen LogP contribution is -2.21. The molecule has 9 nitrogen and oxygen atoms in total. The number of nitrogens with zero attached hydrogens (tertiary/aromatic N) is 2. The van der Waals surface area contributed by atoms with Crippen LogP contribution in [0.25, 0.3) is 0 Å². The van der Waals surface area contributed by atoms with Gasteiger partial charge < -0.3 is 24.7 Å². The van der Waals surface area contributed by atoms with Crippen LogP contribution in [0.3, 0.4) is 0 Å². The fraction of sp³-hybridized carbons (Fsp3) is 0.316. The molecule has 1 atom stereocenters. The van der Waals surface area contributed by atoms with E-state index in [9.17, 15) is 10.1 Å². The average Bonchev–Trinajstić information content (AvgIpc) is 3.06. The van der Waals surface area contributed by atoms with Crippen molar-refractivity contribution < 1.29 is 23.7 Å². The van der Waals surface area contributed by atoms with Crippen molar-refractivity contribution in [3.05, 3.63) is 46.5 Å². The summed E-state index contributed by atoms with van der Waals surface area (Å²) in [5, 5.41) is 16.6. The van der Waals surface area contributed by atoms with Crippen LogP contribution < -0.4 is 19.9 Å². The minimum absolute atomic E-state index is 0.00970. The van der Waals surface area contributed by atoms with E-state index >= 15 is 0 Å². The molecule has 0 radical (unpaired) electrons. The van der Waals surface area contributed by atoms with Crippen LogP contribution >= 0.6 is 0 Å². The summed E-state index contributed by atoms with van der Waals surface area (Å²) in [5.74, 6) is 0.202. The maximum atomic E-state index is 11.4. The topological polar surface area (TPSA) is 132 Å². The first kappa shape index (κ1) is 19.1. The Morgan fingerprint density at radius 2 is 2.18 bits per heavy atom. The van der Waals surface area contributed by atoms with E-state index in [1.54, 1.807) is 18.2 Å². The number of fused-ring (bicyclic) bond motifs is 1. The Labute approximate surface area is 161 Å². The number of nitriles is 1. The third kappa shape index (κ3) is 3.44. The van der Waals surface area contributed by atoms with Gasteiger partial charge in [-0.05, 0) is 31.5 Å². The number of nitrogens with two attached hydrogens (primary N) is 1. The number of nitrogens with one attached hydrogen (secondary N) is 1. The van der Waals surface area contributed by atoms with Gasteiger partial charge in [-0.2, -0.15) is 5.26 Å². The molecule has 1 aromatic heterocycles. The second-order valence-corrected chi connectivity index (χ2v) is 6.00. The number of H-pyrrole nitrogens is 1. The van der Waals surface area contributed by atoms with Gasteiger partial charge in [0, 0.05) is 11.3 Å². The maximum Gasteiger partial charge on any atom is 0.343 e. The van der Waals surface area contributed by atoms with E-state index in [1.807, 2.05) is 13.8 Å². The zero-order chi connectivity index (χ0) is 20.3. The van der Waals surface area contributed by atoms with Gasteiger partial charge in [-0.25, -0.2) is 4.79 Å². The van der Waals surface area contributed by atoms with Crippen molar-refractivity contribution in [2.24, 2.45) is 5.73 Å². The van der Waals surface area contributed by atoms with Crippen LogP contribution in [0.2, 0.25) is 0 Å². The van der Waals surface area contributed by atoms with Crippen molar-refractivity contribution in [1.29, 1.82) is 5.26 Å². The number of benzene rings is 1. The molecule has 0 saturated carbocycles. The Hall–Kier alpha value is -3.67. The first-order chi connectivity index (χ1) is 13.5. The molecule has 1 aliphatic rings. The van der Waals surface area contributed by atoms with Crippen molar-refractivity contribution in [3.63, 3.8) is 0 Å². The SMILES string of the molecule is CCOc1cc([C@H]2C(C#N)=C(N)Oc3n[nH]c(C)c32)ccc1OCC(=O)OC. The summed E-state index contributed by atoms with van der Waals surface area (Å²) in [6.07, 6.45) is 0. The van der Waals surface area contributed by atoms with Gasteiger partial charge in [-0.15, -0.1) is 5.10 Å². The third-order valence-electron chi connectivity index (χ3n) is 4.30. The van der Waals surface area contributed by atoms with Crippen LogP contribution in [0.1, 0.15) is 29.7 Å². The molecule has 2 aromatic rings. The molecule has 0 bridgehead atoms. The number of allylic oxidation sites excluding steroid dienone is 1. The second kappa shape index (κ2) is 7.92. The maximum absolute atomic E-state index is 11.4. The quantitative estimate of drug-likeness (QED) is 0.722. The monoisotopic (exact) mass is 384 g/mol. The zero-order valence-electron chi connectivity index (χ0n) is 15.7. The van der Waals surface area contributed by atoms with E-state index in [-0.39, 0.29) is 18.1 Å². The highest BCUT2D eigenvalue weighted by molar-refractivity contribution is 5.71. The summed E-state index contributed by atoms with van der Waals surface area (Å²) >= 11 is 0. The van der Waals surface area contributed by atoms with Crippen LogP contribution in [-0.2, 0) is 9.53 Å². The highest BCUT2D eigenvalue weighted by Gasteiger charge is 2.34. The van der Waals surface area contributed by atoms with Gasteiger partial charge in [0.15, 0.2) is 18.1 Å². The number of carbonyl (C=O) groups is 1. The predicted molar refractivity (Wildman–Crippen MR) is 97.7 cm³/mol. The fourth-order valence-corrected chi connectivity index (χ4v) is 3.02. The lowest BCUT2D eigenvalue weighted by molar-refractivity contribution is -0.142. The molecule has 0 aliphatic carbocycles. The van der Waals surface area contributed by atoms with Gasteiger partial charge in [0.05, 0.1) is 19.6 Å². The third-order valence-corrected chi connectivity index (χ3v) is 4.30. The van der Waals surface area contributed by atoms with E-state index in [1.165, 1.54) is 7.11 Å². The van der Waals surface area contributed by atoms with Gasteiger partial charge in [-0.3, -0.25) is 5.10 Å². The van der Waals surface area contributed by atoms with E-state index in [0.29, 0.717) is 24.0 Å². The lowest BCUT2D eigenvalue weighted by Gasteiger charge is -2.24. The number of aromatic amines is 1. The average molecular weight is 384 g/mol. The van der Waals surface area contributed by atoms with E-state index in [0.717, 1.165) is 16.8 Å². The van der Waals surface area contributed by atoms with Crippen molar-refractivity contribution in [1.82, 2.24) is 10.2 Å². The number of ether oxygens (including phenoxy) is 4. The molecular formula is C19H20N4O5. The van der Waals surface area contributed by atoms with Crippen molar-refractivity contribution in [2.45, 2.75) is 19.8 Å². The van der Waals surface area contributed by atoms with Crippen molar-refractivity contribution >= 4 is 5.97 Å². The Bertz CT molecular complexity index is 973. The lowest BCUT2D eigenvalue weighted by atomic mass is 9.84. The molecule has 146 valence electrons. The molecule has 28 heavy (non-hydrogen) atoms. The molecular weight excluding hydrogens is 364 g/mol. The number of aryl methyl sites for hydroxylation is 1. The van der Waals surface area contributed by atoms with Gasteiger partial charge >= 0.3 is 5.97 Å². The predicted octanol–water partition coefficient (Wildman–Crippen LogP) is 1.89. The molecule has 0 spiro atoms. The Morgan fingerprint density at radius 1 is 1.39 bits per heavy atom. The van der Waals surface area contributed by atoms with Crippen LogP contribution in [0.5, 0.6) is 17.4 Å². The largest absolute Gasteiger partial charge is 0.490 e. The number of hydrogen-bond donors (Lipinski definition) is 2. The number of carbonyl (C=O) groups excluding carboxylic acids is 1. The van der Waals surface area contributed by atoms with Crippen LogP contribution in [0, 0.1) is 18.3 Å². The summed E-state index contributed by atoms with van der Waals surface area (Å²) in [6.45, 7) is 3.83. The molecule has 0 amide bonds. The highest BCUT2D eigenvalue weighted by Crippen LogP contribution is 2.44. The molecule has 0 unspecified atom stereocenters. The van der Waals surface area contributed by atoms with Gasteiger partial charge in [0.25, 0.3) is 0 Å². The van der Waals surface area contributed by atoms with E-state index in [4.69, 9.17) is 19.9 Å². The highest BCUT2D eigenvalue weighted by atomic mass is 16.6. The zero-order valence-corrected chi connectivity index (χ0v) is 15.7. The first-order valence-electron chi connectivity index (χ1n) is 8.58. The second-order valence-electron chi connectivity index (χ2n) is 6.00. The Morgan fingerprint density at radius 3 is 2.86 bits per heavy atom. The fourth-order valence-electron chi connectivity index (χ4n) is 3.02. The number of methoxy groups -OCH3 is 1. The molecule has 2 heterocycles. The Balaban J connectivity index is 2.05. The van der Waals surface area contributed by atoms with Crippen LogP contribution in [0.4, 0.5) is 0 Å².